The number of aliphatic hydroxyl groups is 1. The molecule has 102 valence electrons. The molecule has 0 atom stereocenters. The van der Waals surface area contributed by atoms with Crippen LogP contribution >= 0.6 is 11.3 Å². The summed E-state index contributed by atoms with van der Waals surface area (Å²) >= 11 is 1.30. The van der Waals surface area contributed by atoms with E-state index in [2.05, 4.69) is 9.71 Å². The Labute approximate surface area is 116 Å². The molecule has 0 aliphatic carbocycles. The molecular weight excluding hydrogens is 284 g/mol. The number of hydrogen-bond donors (Lipinski definition) is 2. The van der Waals surface area contributed by atoms with Gasteiger partial charge >= 0.3 is 0 Å². The van der Waals surface area contributed by atoms with Gasteiger partial charge in [-0.3, -0.25) is 4.72 Å². The lowest BCUT2D eigenvalue weighted by atomic mass is 10.2. The number of aliphatic hydroxyl groups excluding tert-OH is 1. The first kappa shape index (κ1) is 14.0. The number of rotatable bonds is 4. The van der Waals surface area contributed by atoms with Gasteiger partial charge in [-0.05, 0) is 31.5 Å². The number of hydrogen-bond acceptors (Lipinski definition) is 5. The molecule has 1 heterocycles. The first-order valence-corrected chi connectivity index (χ1v) is 7.89. The minimum atomic E-state index is -3.63. The number of nitrogens with zero attached hydrogens (tertiary/aromatic N) is 1. The van der Waals surface area contributed by atoms with Crippen LogP contribution in [-0.2, 0) is 16.6 Å². The fraction of sp³-hybridized carbons (Fsp3) is 0.250. The highest BCUT2D eigenvalue weighted by molar-refractivity contribution is 7.93. The number of aryl methyl sites for hydroxylation is 2. The Balaban J connectivity index is 2.26. The topological polar surface area (TPSA) is 79.3 Å². The van der Waals surface area contributed by atoms with E-state index in [0.29, 0.717) is 10.7 Å². The summed E-state index contributed by atoms with van der Waals surface area (Å²) in [6.07, 6.45) is 0. The first-order chi connectivity index (χ1) is 8.92. The zero-order chi connectivity index (χ0) is 14.0. The van der Waals surface area contributed by atoms with Crippen LogP contribution in [-0.4, -0.2) is 18.5 Å². The molecule has 1 aromatic carbocycles. The van der Waals surface area contributed by atoms with Gasteiger partial charge in [-0.25, -0.2) is 13.4 Å². The highest BCUT2D eigenvalue weighted by atomic mass is 32.2. The normalized spacial score (nSPS) is 11.5. The Morgan fingerprint density at radius 3 is 2.37 bits per heavy atom. The highest BCUT2D eigenvalue weighted by Crippen LogP contribution is 2.24. The van der Waals surface area contributed by atoms with E-state index in [1.807, 2.05) is 13.8 Å². The quantitative estimate of drug-likeness (QED) is 0.905. The van der Waals surface area contributed by atoms with Gasteiger partial charge in [0, 0.05) is 4.88 Å². The van der Waals surface area contributed by atoms with Gasteiger partial charge in [0.05, 0.1) is 17.2 Å². The van der Waals surface area contributed by atoms with Crippen molar-refractivity contribution in [3.63, 3.8) is 0 Å². The summed E-state index contributed by atoms with van der Waals surface area (Å²) in [6.45, 7) is 3.61. The Bertz CT molecular complexity index is 656. The minimum absolute atomic E-state index is 0.112. The summed E-state index contributed by atoms with van der Waals surface area (Å²) in [5.41, 5.74) is 1.48. The fourth-order valence-corrected chi connectivity index (χ4v) is 3.51. The van der Waals surface area contributed by atoms with E-state index in [1.54, 1.807) is 12.1 Å². The minimum Gasteiger partial charge on any atom is -0.392 e. The molecule has 0 saturated carbocycles. The Hall–Kier alpha value is -1.44. The van der Waals surface area contributed by atoms with E-state index in [4.69, 9.17) is 5.11 Å². The summed E-state index contributed by atoms with van der Waals surface area (Å²) < 4.78 is 26.7. The maximum absolute atomic E-state index is 12.1. The molecule has 7 heteroatoms. The highest BCUT2D eigenvalue weighted by Gasteiger charge is 2.16. The molecule has 5 nitrogen and oxygen atoms in total. The lowest BCUT2D eigenvalue weighted by molar-refractivity contribution is 0.282. The predicted molar refractivity (Wildman–Crippen MR) is 74.8 cm³/mol. The molecule has 0 aliphatic rings. The van der Waals surface area contributed by atoms with Crippen LogP contribution in [0.1, 0.15) is 16.1 Å². The monoisotopic (exact) mass is 298 g/mol. The summed E-state index contributed by atoms with van der Waals surface area (Å²) in [5.74, 6) is 0. The van der Waals surface area contributed by atoms with Crippen molar-refractivity contribution in [3.8, 4) is 0 Å². The number of benzene rings is 1. The summed E-state index contributed by atoms with van der Waals surface area (Å²) in [4.78, 5) is 5.27. The number of nitrogens with one attached hydrogen (secondary N) is 1. The maximum atomic E-state index is 12.1. The summed E-state index contributed by atoms with van der Waals surface area (Å²) in [6, 6.07) is 6.07. The standard InChI is InChI=1S/C12H14N2O3S2/c1-8-9(2)18-12(13-8)14-19(16,17)11-5-3-10(7-15)4-6-11/h3-6,15H,7H2,1-2H3,(H,13,14). The third-order valence-electron chi connectivity index (χ3n) is 2.67. The maximum Gasteiger partial charge on any atom is 0.263 e. The van der Waals surface area contributed by atoms with Crippen LogP contribution in [0.15, 0.2) is 29.2 Å². The van der Waals surface area contributed by atoms with Crippen LogP contribution in [0.5, 0.6) is 0 Å². The molecule has 2 N–H and O–H groups in total. The Morgan fingerprint density at radius 1 is 1.26 bits per heavy atom. The Morgan fingerprint density at radius 2 is 1.89 bits per heavy atom. The van der Waals surface area contributed by atoms with Crippen molar-refractivity contribution >= 4 is 26.5 Å². The largest absolute Gasteiger partial charge is 0.392 e. The molecule has 0 saturated heterocycles. The van der Waals surface area contributed by atoms with E-state index < -0.39 is 10.0 Å². The molecule has 0 amide bonds. The first-order valence-electron chi connectivity index (χ1n) is 5.59. The van der Waals surface area contributed by atoms with E-state index >= 15 is 0 Å². The third kappa shape index (κ3) is 3.12. The molecule has 19 heavy (non-hydrogen) atoms. The van der Waals surface area contributed by atoms with Gasteiger partial charge in [0.1, 0.15) is 0 Å². The fourth-order valence-electron chi connectivity index (χ4n) is 1.46. The SMILES string of the molecule is Cc1nc(NS(=O)(=O)c2ccc(CO)cc2)sc1C. The molecule has 0 bridgehead atoms. The van der Waals surface area contributed by atoms with Crippen molar-refractivity contribution in [2.75, 3.05) is 4.72 Å². The van der Waals surface area contributed by atoms with Gasteiger partial charge in [0.25, 0.3) is 10.0 Å². The molecule has 0 aliphatic heterocycles. The van der Waals surface area contributed by atoms with Crippen molar-refractivity contribution in [2.45, 2.75) is 25.3 Å². The molecule has 0 fully saturated rings. The molecular formula is C12H14N2O3S2. The van der Waals surface area contributed by atoms with Crippen LogP contribution in [0.4, 0.5) is 5.13 Å². The molecule has 2 rings (SSSR count). The molecule has 0 spiro atoms. The van der Waals surface area contributed by atoms with Crippen LogP contribution in [0.2, 0.25) is 0 Å². The van der Waals surface area contributed by atoms with Crippen LogP contribution in [0.25, 0.3) is 0 Å². The average molecular weight is 298 g/mol. The van der Waals surface area contributed by atoms with Gasteiger partial charge in [-0.1, -0.05) is 12.1 Å². The van der Waals surface area contributed by atoms with Gasteiger partial charge in [-0.15, -0.1) is 11.3 Å². The van der Waals surface area contributed by atoms with E-state index in [-0.39, 0.29) is 11.5 Å². The van der Waals surface area contributed by atoms with Gasteiger partial charge < -0.3 is 5.11 Å². The van der Waals surface area contributed by atoms with Gasteiger partial charge in [0.15, 0.2) is 5.13 Å². The molecule has 0 radical (unpaired) electrons. The van der Waals surface area contributed by atoms with Crippen LogP contribution in [0.3, 0.4) is 0 Å². The smallest absolute Gasteiger partial charge is 0.263 e. The second-order valence-electron chi connectivity index (χ2n) is 4.07. The zero-order valence-electron chi connectivity index (χ0n) is 10.5. The van der Waals surface area contributed by atoms with Crippen molar-refractivity contribution in [2.24, 2.45) is 0 Å². The van der Waals surface area contributed by atoms with Crippen molar-refractivity contribution in [1.82, 2.24) is 4.98 Å². The number of sulfonamides is 1. The lowest BCUT2D eigenvalue weighted by Gasteiger charge is -2.05. The molecule has 2 aromatic rings. The van der Waals surface area contributed by atoms with E-state index in [9.17, 15) is 8.42 Å². The van der Waals surface area contributed by atoms with Crippen LogP contribution < -0.4 is 4.72 Å². The predicted octanol–water partition coefficient (Wildman–Crippen LogP) is 2.05. The van der Waals surface area contributed by atoms with Gasteiger partial charge in [-0.2, -0.15) is 0 Å². The second kappa shape index (κ2) is 5.28. The average Bonchev–Trinajstić information content (AvgIpc) is 2.67. The number of aromatic nitrogens is 1. The number of thiazole rings is 1. The van der Waals surface area contributed by atoms with Crippen LogP contribution in [0, 0.1) is 13.8 Å². The zero-order valence-corrected chi connectivity index (χ0v) is 12.2. The third-order valence-corrected chi connectivity index (χ3v) is 5.14. The second-order valence-corrected chi connectivity index (χ2v) is 6.95. The van der Waals surface area contributed by atoms with Crippen molar-refractivity contribution in [1.29, 1.82) is 0 Å². The van der Waals surface area contributed by atoms with E-state index in [0.717, 1.165) is 10.6 Å². The molecule has 0 unspecified atom stereocenters. The molecule has 1 aromatic heterocycles. The summed E-state index contributed by atoms with van der Waals surface area (Å²) in [5, 5.41) is 9.29. The Kier molecular flexibility index (Phi) is 3.88. The van der Waals surface area contributed by atoms with Gasteiger partial charge in [0.2, 0.25) is 0 Å². The summed E-state index contributed by atoms with van der Waals surface area (Å²) in [7, 11) is -3.63. The lowest BCUT2D eigenvalue weighted by Crippen LogP contribution is -2.12. The van der Waals surface area contributed by atoms with E-state index in [1.165, 1.54) is 23.5 Å². The number of anilines is 1. The van der Waals surface area contributed by atoms with Crippen molar-refractivity contribution < 1.29 is 13.5 Å². The van der Waals surface area contributed by atoms with Crippen molar-refractivity contribution in [3.05, 3.63) is 40.4 Å².